The molecule has 0 unspecified atom stereocenters. The first kappa shape index (κ1) is 12.5. The maximum Gasteiger partial charge on any atom is 0.172 e. The predicted molar refractivity (Wildman–Crippen MR) is 60.5 cm³/mol. The number of hydrogen-bond acceptors (Lipinski definition) is 5. The molecule has 1 aromatic carbocycles. The molecule has 5 heteroatoms. The number of aliphatic hydroxyl groups is 3. The molecule has 0 saturated carbocycles. The van der Waals surface area contributed by atoms with Crippen molar-refractivity contribution in [2.24, 2.45) is 0 Å². The first-order valence-electron chi connectivity index (χ1n) is 5.45. The van der Waals surface area contributed by atoms with Crippen LogP contribution >= 0.6 is 0 Å². The van der Waals surface area contributed by atoms with Gasteiger partial charge < -0.3 is 20.1 Å². The Labute approximate surface area is 99.7 Å². The standard InChI is InChI=1S/C12H16NO4/c14-8-12(11(16)10(15)7-17-12)13-6-9-4-2-1-3-5-9/h1-5,7,10-11,13-16H,6,8H2/t10-,11-,12+/m0/s1. The lowest BCUT2D eigenvalue weighted by atomic mass is 10.1. The minimum Gasteiger partial charge on any atom is -0.392 e. The van der Waals surface area contributed by atoms with Crippen LogP contribution in [0.2, 0.25) is 0 Å². The zero-order chi connectivity index (χ0) is 12.3. The maximum absolute atomic E-state index is 9.76. The molecule has 1 fully saturated rings. The Kier molecular flexibility index (Phi) is 3.76. The van der Waals surface area contributed by atoms with Gasteiger partial charge in [0.25, 0.3) is 0 Å². The van der Waals surface area contributed by atoms with Gasteiger partial charge in [0.1, 0.15) is 18.8 Å². The van der Waals surface area contributed by atoms with Crippen LogP contribution in [0.4, 0.5) is 0 Å². The summed E-state index contributed by atoms with van der Waals surface area (Å²) in [6.45, 7) is 1.13. The molecule has 1 aromatic rings. The third-order valence-corrected chi connectivity index (χ3v) is 2.89. The zero-order valence-corrected chi connectivity index (χ0v) is 9.28. The monoisotopic (exact) mass is 238 g/mol. The summed E-state index contributed by atoms with van der Waals surface area (Å²) in [5.41, 5.74) is -0.326. The zero-order valence-electron chi connectivity index (χ0n) is 9.28. The SMILES string of the molecule is OC[C@@]1(NCc2ccccc2)O[CH][C@H](O)[C@@H]1O. The van der Waals surface area contributed by atoms with Gasteiger partial charge in [-0.2, -0.15) is 0 Å². The van der Waals surface area contributed by atoms with Crippen molar-refractivity contribution in [1.29, 1.82) is 0 Å². The lowest BCUT2D eigenvalue weighted by Crippen LogP contribution is -2.57. The fraction of sp³-hybridized carbons (Fsp3) is 0.417. The highest BCUT2D eigenvalue weighted by Crippen LogP contribution is 2.26. The largest absolute Gasteiger partial charge is 0.392 e. The van der Waals surface area contributed by atoms with E-state index in [0.717, 1.165) is 12.2 Å². The van der Waals surface area contributed by atoms with Crippen LogP contribution in [-0.2, 0) is 11.3 Å². The quantitative estimate of drug-likeness (QED) is 0.562. The second kappa shape index (κ2) is 5.12. The highest BCUT2D eigenvalue weighted by atomic mass is 16.6. The minimum absolute atomic E-state index is 0.422. The van der Waals surface area contributed by atoms with Crippen molar-refractivity contribution in [3.05, 3.63) is 42.5 Å². The summed E-state index contributed by atoms with van der Waals surface area (Å²) >= 11 is 0. The number of nitrogens with one attached hydrogen (secondary N) is 1. The topological polar surface area (TPSA) is 82.0 Å². The number of ether oxygens (including phenoxy) is 1. The lowest BCUT2D eigenvalue weighted by Gasteiger charge is -2.31. The Balaban J connectivity index is 2.01. The second-order valence-corrected chi connectivity index (χ2v) is 4.08. The van der Waals surface area contributed by atoms with Crippen molar-refractivity contribution in [1.82, 2.24) is 5.32 Å². The normalized spacial score (nSPS) is 32.9. The van der Waals surface area contributed by atoms with Crippen LogP contribution in [0.15, 0.2) is 30.3 Å². The first-order chi connectivity index (χ1) is 8.18. The van der Waals surface area contributed by atoms with Gasteiger partial charge >= 0.3 is 0 Å². The summed E-state index contributed by atoms with van der Waals surface area (Å²) < 4.78 is 5.15. The van der Waals surface area contributed by atoms with E-state index in [4.69, 9.17) is 4.74 Å². The highest BCUT2D eigenvalue weighted by molar-refractivity contribution is 5.15. The smallest absolute Gasteiger partial charge is 0.172 e. The Morgan fingerprint density at radius 2 is 1.94 bits per heavy atom. The fourth-order valence-electron chi connectivity index (χ4n) is 1.79. The van der Waals surface area contributed by atoms with Gasteiger partial charge in [0, 0.05) is 6.54 Å². The van der Waals surface area contributed by atoms with E-state index in [9.17, 15) is 15.3 Å². The molecule has 2 rings (SSSR count). The molecule has 1 heterocycles. The summed E-state index contributed by atoms with van der Waals surface area (Å²) in [5.74, 6) is 0. The van der Waals surface area contributed by atoms with Crippen LogP contribution in [0.25, 0.3) is 0 Å². The van der Waals surface area contributed by atoms with Crippen molar-refractivity contribution >= 4 is 0 Å². The van der Waals surface area contributed by atoms with E-state index >= 15 is 0 Å². The molecule has 5 nitrogen and oxygen atoms in total. The molecule has 1 aliphatic heterocycles. The third-order valence-electron chi connectivity index (χ3n) is 2.89. The van der Waals surface area contributed by atoms with E-state index in [-0.39, 0.29) is 0 Å². The van der Waals surface area contributed by atoms with Gasteiger partial charge in [0.2, 0.25) is 0 Å². The molecule has 0 aromatic heterocycles. The minimum atomic E-state index is -1.32. The highest BCUT2D eigenvalue weighted by Gasteiger charge is 2.48. The van der Waals surface area contributed by atoms with Gasteiger partial charge in [-0.05, 0) is 5.56 Å². The summed E-state index contributed by atoms with van der Waals surface area (Å²) in [6, 6.07) is 9.54. The van der Waals surface area contributed by atoms with Crippen LogP contribution in [0.3, 0.4) is 0 Å². The Hall–Kier alpha value is -0.980. The molecule has 4 N–H and O–H groups in total. The molecule has 0 spiro atoms. The van der Waals surface area contributed by atoms with E-state index in [1.165, 1.54) is 0 Å². The number of benzene rings is 1. The summed E-state index contributed by atoms with van der Waals surface area (Å²) in [7, 11) is 0. The molecule has 1 saturated heterocycles. The number of aliphatic hydroxyl groups excluding tert-OH is 3. The predicted octanol–water partition coefficient (Wildman–Crippen LogP) is -0.621. The van der Waals surface area contributed by atoms with Crippen LogP contribution in [-0.4, -0.2) is 39.9 Å². The lowest BCUT2D eigenvalue weighted by molar-refractivity contribution is -0.110. The van der Waals surface area contributed by atoms with Crippen LogP contribution in [0.1, 0.15) is 5.56 Å². The van der Waals surface area contributed by atoms with Crippen molar-refractivity contribution in [3.8, 4) is 0 Å². The molecular formula is C12H16NO4. The van der Waals surface area contributed by atoms with Crippen molar-refractivity contribution in [2.75, 3.05) is 6.61 Å². The van der Waals surface area contributed by atoms with Gasteiger partial charge in [-0.25, -0.2) is 0 Å². The van der Waals surface area contributed by atoms with E-state index in [1.807, 2.05) is 30.3 Å². The average Bonchev–Trinajstić information content (AvgIpc) is 2.66. The Bertz CT molecular complexity index is 359. The number of rotatable bonds is 4. The molecular weight excluding hydrogens is 222 g/mol. The second-order valence-electron chi connectivity index (χ2n) is 4.08. The molecule has 3 atom stereocenters. The summed E-state index contributed by atoms with van der Waals surface area (Å²) in [5, 5.41) is 31.4. The van der Waals surface area contributed by atoms with Crippen LogP contribution < -0.4 is 5.32 Å². The molecule has 0 bridgehead atoms. The van der Waals surface area contributed by atoms with Gasteiger partial charge in [-0.15, -0.1) is 0 Å². The molecule has 17 heavy (non-hydrogen) atoms. The fourth-order valence-corrected chi connectivity index (χ4v) is 1.79. The van der Waals surface area contributed by atoms with Crippen molar-refractivity contribution in [2.45, 2.75) is 24.5 Å². The third kappa shape index (κ3) is 2.48. The average molecular weight is 238 g/mol. The Morgan fingerprint density at radius 3 is 2.47 bits per heavy atom. The number of hydrogen-bond donors (Lipinski definition) is 4. The van der Waals surface area contributed by atoms with Gasteiger partial charge in [0.15, 0.2) is 5.72 Å². The van der Waals surface area contributed by atoms with Crippen LogP contribution in [0, 0.1) is 6.61 Å². The van der Waals surface area contributed by atoms with Crippen molar-refractivity contribution < 1.29 is 20.1 Å². The van der Waals surface area contributed by atoms with E-state index in [2.05, 4.69) is 5.32 Å². The summed E-state index contributed by atoms with van der Waals surface area (Å²) in [6.07, 6.45) is -2.28. The van der Waals surface area contributed by atoms with Gasteiger partial charge in [-0.1, -0.05) is 30.3 Å². The van der Waals surface area contributed by atoms with E-state index in [0.29, 0.717) is 6.54 Å². The van der Waals surface area contributed by atoms with E-state index < -0.39 is 24.5 Å². The summed E-state index contributed by atoms with van der Waals surface area (Å²) in [4.78, 5) is 0. The Morgan fingerprint density at radius 1 is 1.24 bits per heavy atom. The molecule has 93 valence electrons. The molecule has 1 radical (unpaired) electrons. The molecule has 0 aliphatic carbocycles. The molecule has 1 aliphatic rings. The van der Waals surface area contributed by atoms with Gasteiger partial charge in [-0.3, -0.25) is 5.32 Å². The maximum atomic E-state index is 9.76. The van der Waals surface area contributed by atoms with Gasteiger partial charge in [0.05, 0.1) is 6.61 Å². The molecule has 0 amide bonds. The van der Waals surface area contributed by atoms with Crippen molar-refractivity contribution in [3.63, 3.8) is 0 Å². The van der Waals surface area contributed by atoms with Crippen LogP contribution in [0.5, 0.6) is 0 Å². The van der Waals surface area contributed by atoms with E-state index in [1.54, 1.807) is 0 Å². The first-order valence-corrected chi connectivity index (χ1v) is 5.45.